The van der Waals surface area contributed by atoms with E-state index in [4.69, 9.17) is 6.57 Å². The Labute approximate surface area is 469 Å². The van der Waals surface area contributed by atoms with Gasteiger partial charge in [-0.1, -0.05) is 137 Å². The van der Waals surface area contributed by atoms with E-state index in [0.29, 0.717) is 22.6 Å². The maximum atomic E-state index is 11.6. The van der Waals surface area contributed by atoms with Crippen LogP contribution in [-0.4, -0.2) is 9.13 Å². The summed E-state index contributed by atoms with van der Waals surface area (Å²) >= 11 is 3.67. The zero-order chi connectivity index (χ0) is 53.5. The first-order chi connectivity index (χ1) is 39.0. The Morgan fingerprint density at radius 1 is 0.375 bits per heavy atom. The molecule has 0 unspecified atom stereocenters. The third-order valence-electron chi connectivity index (χ3n) is 18.2. The van der Waals surface area contributed by atoms with Crippen LogP contribution in [0.4, 0.5) is 5.69 Å². The molecule has 4 heterocycles. The number of hydrogen-bond donors (Lipinski definition) is 0. The molecule has 0 spiro atoms. The summed E-state index contributed by atoms with van der Waals surface area (Å²) in [4.78, 5) is 4.41. The maximum absolute atomic E-state index is 11.6. The van der Waals surface area contributed by atoms with Gasteiger partial charge >= 0.3 is 0 Å². The van der Waals surface area contributed by atoms with Crippen LogP contribution in [0.15, 0.2) is 206 Å². The van der Waals surface area contributed by atoms with Crippen LogP contribution in [0.1, 0.15) is 55.5 Å². The van der Waals surface area contributed by atoms with Gasteiger partial charge in [0.05, 0.1) is 45.6 Å². The Bertz CT molecular complexity index is 5070. The highest BCUT2D eigenvalue weighted by Gasteiger charge is 2.38. The first-order valence-electron chi connectivity index (χ1n) is 27.3. The summed E-state index contributed by atoms with van der Waals surface area (Å²) in [7, 11) is 0. The van der Waals surface area contributed by atoms with Crippen molar-refractivity contribution in [1.82, 2.24) is 9.13 Å². The molecule has 0 saturated heterocycles. The molecule has 0 amide bonds. The largest absolute Gasteiger partial charge is 0.319 e. The summed E-state index contributed by atoms with van der Waals surface area (Å²) in [6, 6.07) is 78.4. The van der Waals surface area contributed by atoms with Gasteiger partial charge in [0.25, 0.3) is 0 Å². The lowest BCUT2D eigenvalue weighted by Crippen LogP contribution is -2.15. The van der Waals surface area contributed by atoms with Crippen molar-refractivity contribution in [2.45, 2.75) is 38.5 Å². The summed E-state index contributed by atoms with van der Waals surface area (Å²) in [6.07, 6.45) is 0. The van der Waals surface area contributed by atoms with Gasteiger partial charge in [-0.2, -0.15) is 5.26 Å². The predicted molar refractivity (Wildman–Crippen MR) is 338 cm³/mol. The SMILES string of the molecule is [C-]#[N+]c1cc(-n2c3ccc(-c4ccc5sc6ccccc6c5c4)cc3c3cc4c(cc32)C(C)(C)c2ccccc2-4)c(C#N)cc1-n1c2ccc(-c3ccc4sc5ccccc5c4c3)cc2c2cc3c(cc21)C(C)(C)c1ccccc1-3. The molecule has 0 N–H and O–H groups in total. The number of benzene rings is 11. The lowest BCUT2D eigenvalue weighted by molar-refractivity contribution is 0.661. The number of rotatable bonds is 4. The number of fused-ring (bicyclic) bond motifs is 18. The molecule has 11 aromatic carbocycles. The summed E-state index contributed by atoms with van der Waals surface area (Å²) < 4.78 is 9.65. The molecular weight excluding hydrogens is 1010 g/mol. The molecular formula is C74H46N4S2. The highest BCUT2D eigenvalue weighted by atomic mass is 32.1. The first kappa shape index (κ1) is 45.5. The molecule has 0 saturated carbocycles. The minimum absolute atomic E-state index is 0.257. The molecule has 374 valence electrons. The van der Waals surface area contributed by atoms with Gasteiger partial charge in [0.1, 0.15) is 6.07 Å². The van der Waals surface area contributed by atoms with Crippen LogP contribution >= 0.6 is 22.7 Å². The fourth-order valence-corrected chi connectivity index (χ4v) is 16.4. The first-order valence-corrected chi connectivity index (χ1v) is 28.9. The smallest absolute Gasteiger partial charge is 0.212 e. The van der Waals surface area contributed by atoms with Gasteiger partial charge < -0.3 is 9.13 Å². The van der Waals surface area contributed by atoms with E-state index in [1.807, 2.05) is 34.8 Å². The molecule has 17 rings (SSSR count). The monoisotopic (exact) mass is 1050 g/mol. The van der Waals surface area contributed by atoms with E-state index >= 15 is 0 Å². The van der Waals surface area contributed by atoms with Gasteiger partial charge in [-0.15, -0.1) is 22.7 Å². The van der Waals surface area contributed by atoms with E-state index in [0.717, 1.165) is 65.9 Å². The third-order valence-corrected chi connectivity index (χ3v) is 20.5. The van der Waals surface area contributed by atoms with Crippen molar-refractivity contribution in [2.24, 2.45) is 0 Å². The van der Waals surface area contributed by atoms with E-state index in [-0.39, 0.29) is 10.8 Å². The standard InChI is InChI=1S/C74H46N4S2/c1-73(2)58-18-10-6-14-46(58)50-35-54-52-30-41(43-24-28-71-56(32-43)48-16-8-12-20-69(48)79-71)22-26-63(52)77(66(54)37-60(50)73)65-39-62(76-5)68(34-45(65)40-75)78-64-27-23-42(44-25-29-72-57(33-44)49-17-9-13-21-70(49)80-72)31-53(64)55-36-51-47-15-7-11-19-59(47)74(3,4)61(51)38-67(55)78/h6-39H,1-4H3. The van der Waals surface area contributed by atoms with E-state index in [1.165, 1.54) is 84.9 Å². The molecule has 2 aliphatic rings. The molecule has 0 aliphatic heterocycles. The predicted octanol–water partition coefficient (Wildman–Crippen LogP) is 21.0. The van der Waals surface area contributed by atoms with E-state index in [2.05, 4.69) is 242 Å². The topological polar surface area (TPSA) is 38.0 Å². The quantitative estimate of drug-likeness (QED) is 0.162. The molecule has 0 atom stereocenters. The molecule has 4 aromatic heterocycles. The summed E-state index contributed by atoms with van der Waals surface area (Å²) in [5.74, 6) is 0. The Kier molecular flexibility index (Phi) is 9.11. The number of nitriles is 1. The van der Waals surface area contributed by atoms with Crippen molar-refractivity contribution >= 4 is 112 Å². The highest BCUT2D eigenvalue weighted by molar-refractivity contribution is 7.26. The average molecular weight is 1060 g/mol. The Balaban J connectivity index is 0.904. The van der Waals surface area contributed by atoms with Crippen LogP contribution in [0.5, 0.6) is 0 Å². The molecule has 0 bridgehead atoms. The second kappa shape index (κ2) is 16.0. The van der Waals surface area contributed by atoms with Gasteiger partial charge in [0.15, 0.2) is 0 Å². The van der Waals surface area contributed by atoms with Gasteiger partial charge in [-0.05, 0) is 164 Å². The zero-order valence-corrected chi connectivity index (χ0v) is 45.9. The number of thiophene rings is 2. The zero-order valence-electron chi connectivity index (χ0n) is 44.2. The van der Waals surface area contributed by atoms with Crippen molar-refractivity contribution in [3.05, 3.63) is 245 Å². The Hall–Kier alpha value is -9.56. The van der Waals surface area contributed by atoms with Crippen LogP contribution in [0, 0.1) is 17.9 Å². The normalized spacial score (nSPS) is 13.9. The Morgan fingerprint density at radius 3 is 1.27 bits per heavy atom. The van der Waals surface area contributed by atoms with Gasteiger partial charge in [-0.3, -0.25) is 0 Å². The van der Waals surface area contributed by atoms with E-state index in [9.17, 15) is 5.26 Å². The van der Waals surface area contributed by atoms with Crippen molar-refractivity contribution < 1.29 is 0 Å². The van der Waals surface area contributed by atoms with Gasteiger partial charge in [-0.25, -0.2) is 4.85 Å². The van der Waals surface area contributed by atoms with Crippen molar-refractivity contribution in [1.29, 1.82) is 5.26 Å². The Morgan fingerprint density at radius 2 is 0.787 bits per heavy atom. The highest BCUT2D eigenvalue weighted by Crippen LogP contribution is 2.54. The molecule has 15 aromatic rings. The van der Waals surface area contributed by atoms with E-state index in [1.54, 1.807) is 0 Å². The van der Waals surface area contributed by atoms with Crippen molar-refractivity contribution in [2.75, 3.05) is 0 Å². The number of nitrogens with zero attached hydrogens (tertiary/aromatic N) is 4. The molecule has 6 heteroatoms. The fourth-order valence-electron chi connectivity index (χ4n) is 14.2. The lowest BCUT2D eigenvalue weighted by atomic mass is 9.82. The molecule has 4 nitrogen and oxygen atoms in total. The van der Waals surface area contributed by atoms with Gasteiger partial charge in [0.2, 0.25) is 5.69 Å². The fraction of sp³-hybridized carbons (Fsp3) is 0.0811. The van der Waals surface area contributed by atoms with Crippen LogP contribution in [0.3, 0.4) is 0 Å². The second-order valence-electron chi connectivity index (χ2n) is 23.0. The van der Waals surface area contributed by atoms with Crippen molar-refractivity contribution in [3.8, 4) is 62.0 Å². The summed E-state index contributed by atoms with van der Waals surface area (Å²) in [5, 5.41) is 21.1. The second-order valence-corrected chi connectivity index (χ2v) is 25.2. The molecule has 2 aliphatic carbocycles. The summed E-state index contributed by atoms with van der Waals surface area (Å²) in [5.41, 5.74) is 20.5. The number of aromatic nitrogens is 2. The third kappa shape index (κ3) is 6.07. The van der Waals surface area contributed by atoms with E-state index < -0.39 is 0 Å². The van der Waals surface area contributed by atoms with Crippen LogP contribution < -0.4 is 0 Å². The van der Waals surface area contributed by atoms with Crippen molar-refractivity contribution in [3.63, 3.8) is 0 Å². The average Bonchev–Trinajstić information content (AvgIpc) is 4.42. The molecule has 0 fully saturated rings. The van der Waals surface area contributed by atoms with Crippen LogP contribution in [0.25, 0.3) is 145 Å². The minimum atomic E-state index is -0.258. The molecule has 80 heavy (non-hydrogen) atoms. The van der Waals surface area contributed by atoms with Crippen LogP contribution in [0.2, 0.25) is 0 Å². The lowest BCUT2D eigenvalue weighted by Gasteiger charge is -2.22. The number of hydrogen-bond acceptors (Lipinski definition) is 3. The minimum Gasteiger partial charge on any atom is -0.319 e. The maximum Gasteiger partial charge on any atom is 0.212 e. The molecule has 0 radical (unpaired) electrons. The summed E-state index contributed by atoms with van der Waals surface area (Å²) in [6.45, 7) is 18.4. The van der Waals surface area contributed by atoms with Crippen LogP contribution in [-0.2, 0) is 10.8 Å². The van der Waals surface area contributed by atoms with Gasteiger partial charge in [0, 0.05) is 72.7 Å².